The third kappa shape index (κ3) is 3.70. The van der Waals surface area contributed by atoms with Crippen molar-refractivity contribution in [2.24, 2.45) is 0 Å². The second kappa shape index (κ2) is 7.70. The van der Waals surface area contributed by atoms with Crippen LogP contribution in [0.5, 0.6) is 0 Å². The number of fused-ring (bicyclic) bond motifs is 2. The third-order valence-corrected chi connectivity index (χ3v) is 6.42. The molecule has 0 saturated heterocycles. The van der Waals surface area contributed by atoms with Crippen molar-refractivity contribution in [1.82, 2.24) is 13.8 Å². The quantitative estimate of drug-likeness (QED) is 0.358. The van der Waals surface area contributed by atoms with Gasteiger partial charge in [-0.3, -0.25) is 4.79 Å². The molecule has 0 aliphatic rings. The summed E-state index contributed by atoms with van der Waals surface area (Å²) in [5, 5.41) is 11.0. The van der Waals surface area contributed by atoms with Crippen LogP contribution in [0.4, 0.5) is 0 Å². The standard InChI is InChI=1S/C20H19N3O2S2/c1-13-6-4-7-16-19(13)14(22-27-16)12-15-20(26-11-5-9-18(24)25)21-17-8-2-3-10-23(15)17/h2-4,6-8,10H,5,9,11-12H2,1H3,(H,24,25). The third-order valence-electron chi connectivity index (χ3n) is 4.48. The highest BCUT2D eigenvalue weighted by Crippen LogP contribution is 2.31. The fourth-order valence-corrected chi connectivity index (χ4v) is 5.06. The highest BCUT2D eigenvalue weighted by molar-refractivity contribution is 7.99. The summed E-state index contributed by atoms with van der Waals surface area (Å²) in [5.74, 6) is -0.0183. The Balaban J connectivity index is 1.69. The topological polar surface area (TPSA) is 67.5 Å². The fraction of sp³-hybridized carbons (Fsp3) is 0.250. The summed E-state index contributed by atoms with van der Waals surface area (Å²) < 4.78 is 8.03. The Morgan fingerprint density at radius 3 is 3.00 bits per heavy atom. The van der Waals surface area contributed by atoms with Gasteiger partial charge >= 0.3 is 5.97 Å². The number of thioether (sulfide) groups is 1. The van der Waals surface area contributed by atoms with Crippen LogP contribution in [0.2, 0.25) is 0 Å². The van der Waals surface area contributed by atoms with Crippen molar-refractivity contribution in [1.29, 1.82) is 0 Å². The number of aryl methyl sites for hydroxylation is 1. The number of carboxylic acid groups (broad SMARTS) is 1. The average molecular weight is 398 g/mol. The summed E-state index contributed by atoms with van der Waals surface area (Å²) in [4.78, 5) is 15.5. The first-order chi connectivity index (χ1) is 13.1. The van der Waals surface area contributed by atoms with Gasteiger partial charge in [0.05, 0.1) is 16.1 Å². The van der Waals surface area contributed by atoms with Crippen molar-refractivity contribution in [2.45, 2.75) is 31.2 Å². The van der Waals surface area contributed by atoms with Crippen LogP contribution in [-0.4, -0.2) is 30.6 Å². The van der Waals surface area contributed by atoms with Gasteiger partial charge in [-0.15, -0.1) is 11.8 Å². The molecule has 138 valence electrons. The second-order valence-electron chi connectivity index (χ2n) is 6.39. The summed E-state index contributed by atoms with van der Waals surface area (Å²) in [7, 11) is 0. The Kier molecular flexibility index (Phi) is 5.13. The largest absolute Gasteiger partial charge is 0.481 e. The first kappa shape index (κ1) is 18.0. The van der Waals surface area contributed by atoms with E-state index >= 15 is 0 Å². The van der Waals surface area contributed by atoms with E-state index in [4.69, 9.17) is 14.5 Å². The Morgan fingerprint density at radius 2 is 2.15 bits per heavy atom. The molecule has 5 nitrogen and oxygen atoms in total. The second-order valence-corrected chi connectivity index (χ2v) is 8.28. The van der Waals surface area contributed by atoms with Crippen LogP contribution in [0.25, 0.3) is 15.7 Å². The van der Waals surface area contributed by atoms with Gasteiger partial charge in [-0.05, 0) is 48.6 Å². The molecule has 1 N–H and O–H groups in total. The smallest absolute Gasteiger partial charge is 0.303 e. The van der Waals surface area contributed by atoms with Crippen LogP contribution >= 0.6 is 23.3 Å². The van der Waals surface area contributed by atoms with E-state index in [0.717, 1.165) is 27.8 Å². The Bertz CT molecular complexity index is 1120. The summed E-state index contributed by atoms with van der Waals surface area (Å²) in [6, 6.07) is 12.3. The normalized spacial score (nSPS) is 11.4. The summed E-state index contributed by atoms with van der Waals surface area (Å²) in [6.45, 7) is 2.12. The van der Waals surface area contributed by atoms with Crippen molar-refractivity contribution in [3.63, 3.8) is 0 Å². The SMILES string of the molecule is Cc1cccc2snc(Cc3c(SCCCC(=O)O)nc4ccccn34)c12. The summed E-state index contributed by atoms with van der Waals surface area (Å²) in [5.41, 5.74) is 4.33. The van der Waals surface area contributed by atoms with Gasteiger partial charge in [0.25, 0.3) is 0 Å². The minimum absolute atomic E-state index is 0.186. The molecule has 0 bridgehead atoms. The number of benzene rings is 1. The molecule has 4 aromatic rings. The number of aliphatic carboxylic acids is 1. The molecule has 0 saturated carbocycles. The number of nitrogens with zero attached hydrogens (tertiary/aromatic N) is 3. The molecule has 0 amide bonds. The maximum atomic E-state index is 10.8. The number of rotatable bonds is 7. The zero-order valence-electron chi connectivity index (χ0n) is 14.9. The van der Waals surface area contributed by atoms with Gasteiger partial charge in [-0.2, -0.15) is 4.37 Å². The van der Waals surface area contributed by atoms with Gasteiger partial charge in [0, 0.05) is 30.2 Å². The molecule has 3 aromatic heterocycles. The Morgan fingerprint density at radius 1 is 1.26 bits per heavy atom. The van der Waals surface area contributed by atoms with Gasteiger partial charge in [0.15, 0.2) is 0 Å². The average Bonchev–Trinajstić information content (AvgIpc) is 3.22. The van der Waals surface area contributed by atoms with Crippen molar-refractivity contribution in [3.05, 3.63) is 59.5 Å². The van der Waals surface area contributed by atoms with E-state index in [2.05, 4.69) is 29.5 Å². The van der Waals surface area contributed by atoms with Crippen LogP contribution in [0.1, 0.15) is 29.8 Å². The van der Waals surface area contributed by atoms with Crippen LogP contribution in [0.15, 0.2) is 47.6 Å². The molecule has 0 atom stereocenters. The lowest BCUT2D eigenvalue weighted by Gasteiger charge is -2.05. The number of carbonyl (C=O) groups is 1. The van der Waals surface area contributed by atoms with E-state index in [0.29, 0.717) is 12.8 Å². The lowest BCUT2D eigenvalue weighted by molar-refractivity contribution is -0.137. The molecule has 0 spiro atoms. The van der Waals surface area contributed by atoms with Crippen LogP contribution in [0.3, 0.4) is 0 Å². The first-order valence-corrected chi connectivity index (χ1v) is 10.5. The molecule has 4 rings (SSSR count). The number of hydrogen-bond donors (Lipinski definition) is 1. The van der Waals surface area contributed by atoms with Crippen molar-refractivity contribution in [3.8, 4) is 0 Å². The maximum Gasteiger partial charge on any atom is 0.303 e. The fourth-order valence-electron chi connectivity index (χ4n) is 3.21. The van der Waals surface area contributed by atoms with E-state index in [9.17, 15) is 4.79 Å². The lowest BCUT2D eigenvalue weighted by Crippen LogP contribution is -1.98. The molecule has 0 fully saturated rings. The van der Waals surface area contributed by atoms with Crippen LogP contribution < -0.4 is 0 Å². The summed E-state index contributed by atoms with van der Waals surface area (Å²) >= 11 is 3.16. The predicted octanol–water partition coefficient (Wildman–Crippen LogP) is 4.80. The molecule has 7 heteroatoms. The van der Waals surface area contributed by atoms with E-state index in [1.54, 1.807) is 11.8 Å². The molecule has 0 radical (unpaired) electrons. The number of aromatic nitrogens is 3. The molecular formula is C20H19N3O2S2. The first-order valence-electron chi connectivity index (χ1n) is 8.78. The van der Waals surface area contributed by atoms with Gasteiger partial charge < -0.3 is 9.51 Å². The minimum Gasteiger partial charge on any atom is -0.481 e. The van der Waals surface area contributed by atoms with E-state index in [1.165, 1.54) is 27.2 Å². The number of hydrogen-bond acceptors (Lipinski definition) is 5. The molecule has 0 aliphatic carbocycles. The van der Waals surface area contributed by atoms with Crippen LogP contribution in [0, 0.1) is 6.92 Å². The predicted molar refractivity (Wildman–Crippen MR) is 110 cm³/mol. The lowest BCUT2D eigenvalue weighted by atomic mass is 10.1. The van der Waals surface area contributed by atoms with Crippen molar-refractivity contribution >= 4 is 45.0 Å². The van der Waals surface area contributed by atoms with Crippen molar-refractivity contribution < 1.29 is 9.90 Å². The zero-order valence-corrected chi connectivity index (χ0v) is 16.5. The maximum absolute atomic E-state index is 10.8. The molecule has 3 heterocycles. The number of pyridine rings is 1. The van der Waals surface area contributed by atoms with Gasteiger partial charge in [0.2, 0.25) is 0 Å². The minimum atomic E-state index is -0.754. The number of carboxylic acids is 1. The van der Waals surface area contributed by atoms with Gasteiger partial charge in [-0.1, -0.05) is 18.2 Å². The summed E-state index contributed by atoms with van der Waals surface area (Å²) in [6.07, 6.45) is 3.55. The Hall–Kier alpha value is -2.38. The number of imidazole rings is 1. The molecule has 0 aliphatic heterocycles. The molecule has 1 aromatic carbocycles. The van der Waals surface area contributed by atoms with E-state index in [1.807, 2.05) is 24.4 Å². The highest BCUT2D eigenvalue weighted by atomic mass is 32.2. The molecular weight excluding hydrogens is 378 g/mol. The van der Waals surface area contributed by atoms with Gasteiger partial charge in [0.1, 0.15) is 10.7 Å². The van der Waals surface area contributed by atoms with E-state index in [-0.39, 0.29) is 6.42 Å². The highest BCUT2D eigenvalue weighted by Gasteiger charge is 2.17. The molecule has 27 heavy (non-hydrogen) atoms. The monoisotopic (exact) mass is 397 g/mol. The van der Waals surface area contributed by atoms with Gasteiger partial charge in [-0.25, -0.2) is 4.98 Å². The van der Waals surface area contributed by atoms with Crippen molar-refractivity contribution in [2.75, 3.05) is 5.75 Å². The van der Waals surface area contributed by atoms with Crippen LogP contribution in [-0.2, 0) is 11.2 Å². The zero-order chi connectivity index (χ0) is 18.8. The van der Waals surface area contributed by atoms with E-state index < -0.39 is 5.97 Å². The molecule has 0 unspecified atom stereocenters. The Labute approximate surface area is 165 Å².